The first kappa shape index (κ1) is 23.6. The molecule has 0 aliphatic heterocycles. The number of ether oxygens (including phenoxy) is 1. The van der Waals surface area contributed by atoms with Crippen molar-refractivity contribution in [2.24, 2.45) is 0 Å². The topological polar surface area (TPSA) is 66.1 Å². The van der Waals surface area contributed by atoms with E-state index in [-0.39, 0.29) is 6.61 Å². The molecule has 0 spiro atoms. The van der Waals surface area contributed by atoms with Crippen LogP contribution in [0.4, 0.5) is 0 Å². The largest absolute Gasteiger partial charge is 0.491 e. The minimum Gasteiger partial charge on any atom is -0.491 e. The number of hydrogen-bond donors (Lipinski definition) is 1. The van der Waals surface area contributed by atoms with Crippen LogP contribution in [0.2, 0.25) is 0 Å². The molecule has 0 fully saturated rings. The number of aryl methyl sites for hydroxylation is 1. The first-order valence-corrected chi connectivity index (χ1v) is 12.2. The van der Waals surface area contributed by atoms with Crippen molar-refractivity contribution in [3.8, 4) is 34.2 Å². The standard InChI is InChI=1S/C29H26N2O2S/c1-2-21-13-15-25(16-14-21)33-19-24(32)20-34-29-27(18-30)26(22-9-5-3-6-10-22)17-28(31-29)23-11-7-4-8-12-23/h3-17,24,32H,2,19-20H2,1H3/t24-/m0/s1. The van der Waals surface area contributed by atoms with Gasteiger partial charge in [0.25, 0.3) is 0 Å². The molecule has 1 atom stereocenters. The van der Waals surface area contributed by atoms with Crippen LogP contribution >= 0.6 is 11.8 Å². The Morgan fingerprint density at radius 2 is 1.59 bits per heavy atom. The molecule has 4 aromatic rings. The monoisotopic (exact) mass is 466 g/mol. The SMILES string of the molecule is CCc1ccc(OC[C@H](O)CSc2nc(-c3ccccc3)cc(-c3ccccc3)c2C#N)cc1. The van der Waals surface area contributed by atoms with Gasteiger partial charge in [0.05, 0.1) is 17.4 Å². The van der Waals surface area contributed by atoms with Crippen molar-refractivity contribution in [2.45, 2.75) is 24.5 Å². The average molecular weight is 467 g/mol. The zero-order chi connectivity index (χ0) is 23.8. The molecule has 34 heavy (non-hydrogen) atoms. The molecule has 4 rings (SSSR count). The number of nitriles is 1. The van der Waals surface area contributed by atoms with Gasteiger partial charge in [-0.15, -0.1) is 11.8 Å². The minimum atomic E-state index is -0.704. The van der Waals surface area contributed by atoms with Crippen molar-refractivity contribution in [3.63, 3.8) is 0 Å². The van der Waals surface area contributed by atoms with Crippen LogP contribution in [0.15, 0.2) is 96.0 Å². The van der Waals surface area contributed by atoms with Crippen LogP contribution in [0.1, 0.15) is 18.1 Å². The van der Waals surface area contributed by atoms with Gasteiger partial charge in [0.1, 0.15) is 23.5 Å². The molecule has 0 unspecified atom stereocenters. The number of thioether (sulfide) groups is 1. The lowest BCUT2D eigenvalue weighted by molar-refractivity contribution is 0.126. The Balaban J connectivity index is 1.55. The molecule has 4 nitrogen and oxygen atoms in total. The normalized spacial score (nSPS) is 11.6. The Bertz CT molecular complexity index is 1250. The predicted octanol–water partition coefficient (Wildman–Crippen LogP) is 6.38. The van der Waals surface area contributed by atoms with Gasteiger partial charge in [-0.3, -0.25) is 0 Å². The van der Waals surface area contributed by atoms with Gasteiger partial charge in [0.15, 0.2) is 0 Å². The lowest BCUT2D eigenvalue weighted by Gasteiger charge is -2.15. The highest BCUT2D eigenvalue weighted by Gasteiger charge is 2.17. The van der Waals surface area contributed by atoms with Crippen LogP contribution in [0, 0.1) is 11.3 Å². The second-order valence-electron chi connectivity index (χ2n) is 7.85. The maximum atomic E-state index is 10.6. The highest BCUT2D eigenvalue weighted by molar-refractivity contribution is 7.99. The predicted molar refractivity (Wildman–Crippen MR) is 138 cm³/mol. The molecule has 0 saturated heterocycles. The van der Waals surface area contributed by atoms with Crippen LogP contribution in [0.3, 0.4) is 0 Å². The Labute approximate surface area is 204 Å². The molecule has 3 aromatic carbocycles. The van der Waals surface area contributed by atoms with Crippen molar-refractivity contribution >= 4 is 11.8 Å². The van der Waals surface area contributed by atoms with Gasteiger partial charge in [-0.2, -0.15) is 5.26 Å². The third kappa shape index (κ3) is 5.85. The van der Waals surface area contributed by atoms with Crippen LogP contribution in [-0.4, -0.2) is 28.6 Å². The highest BCUT2D eigenvalue weighted by Crippen LogP contribution is 2.34. The van der Waals surface area contributed by atoms with Crippen molar-refractivity contribution < 1.29 is 9.84 Å². The third-order valence-electron chi connectivity index (χ3n) is 5.44. The number of aliphatic hydroxyl groups is 1. The molecule has 0 aliphatic rings. The second kappa shape index (κ2) is 11.5. The third-order valence-corrected chi connectivity index (χ3v) is 6.56. The number of aromatic nitrogens is 1. The van der Waals surface area contributed by atoms with E-state index in [1.807, 2.05) is 91.0 Å². The van der Waals surface area contributed by atoms with Crippen molar-refractivity contribution in [2.75, 3.05) is 12.4 Å². The molecule has 0 saturated carbocycles. The first-order chi connectivity index (χ1) is 16.7. The van der Waals surface area contributed by atoms with Crippen LogP contribution < -0.4 is 4.74 Å². The second-order valence-corrected chi connectivity index (χ2v) is 8.86. The Morgan fingerprint density at radius 3 is 2.21 bits per heavy atom. The van der Waals surface area contributed by atoms with E-state index < -0.39 is 6.10 Å². The van der Waals surface area contributed by atoms with E-state index in [9.17, 15) is 10.4 Å². The number of nitrogens with zero attached hydrogens (tertiary/aromatic N) is 2. The van der Waals surface area contributed by atoms with E-state index in [1.54, 1.807) is 0 Å². The van der Waals surface area contributed by atoms with Gasteiger partial charge in [0, 0.05) is 16.9 Å². The minimum absolute atomic E-state index is 0.171. The molecule has 170 valence electrons. The summed E-state index contributed by atoms with van der Waals surface area (Å²) < 4.78 is 5.75. The van der Waals surface area contributed by atoms with Gasteiger partial charge in [0.2, 0.25) is 0 Å². The van der Waals surface area contributed by atoms with E-state index in [1.165, 1.54) is 17.3 Å². The zero-order valence-electron chi connectivity index (χ0n) is 19.0. The molecule has 1 heterocycles. The van der Waals surface area contributed by atoms with Crippen LogP contribution in [0.25, 0.3) is 22.4 Å². The van der Waals surface area contributed by atoms with Gasteiger partial charge in [-0.1, -0.05) is 79.7 Å². The van der Waals surface area contributed by atoms with Gasteiger partial charge < -0.3 is 9.84 Å². The summed E-state index contributed by atoms with van der Waals surface area (Å²) in [7, 11) is 0. The summed E-state index contributed by atoms with van der Waals surface area (Å²) in [6, 6.07) is 32.0. The lowest BCUT2D eigenvalue weighted by Crippen LogP contribution is -2.20. The molecule has 0 radical (unpaired) electrons. The summed E-state index contributed by atoms with van der Waals surface area (Å²) >= 11 is 1.37. The maximum absolute atomic E-state index is 10.6. The van der Waals surface area contributed by atoms with Crippen molar-refractivity contribution in [3.05, 3.63) is 102 Å². The van der Waals surface area contributed by atoms with Gasteiger partial charge in [-0.05, 0) is 35.7 Å². The number of hydrogen-bond acceptors (Lipinski definition) is 5. The van der Waals surface area contributed by atoms with E-state index >= 15 is 0 Å². The summed E-state index contributed by atoms with van der Waals surface area (Å²) in [5.74, 6) is 1.09. The van der Waals surface area contributed by atoms with Crippen LogP contribution in [0.5, 0.6) is 5.75 Å². The summed E-state index contributed by atoms with van der Waals surface area (Å²) in [6.45, 7) is 2.28. The molecule has 1 aromatic heterocycles. The maximum Gasteiger partial charge on any atom is 0.119 e. The van der Waals surface area contributed by atoms with Gasteiger partial charge in [-0.25, -0.2) is 4.98 Å². The zero-order valence-corrected chi connectivity index (χ0v) is 19.8. The average Bonchev–Trinajstić information content (AvgIpc) is 2.91. The number of benzene rings is 3. The molecular weight excluding hydrogens is 440 g/mol. The van der Waals surface area contributed by atoms with Gasteiger partial charge >= 0.3 is 0 Å². The van der Waals surface area contributed by atoms with Crippen molar-refractivity contribution in [1.82, 2.24) is 4.98 Å². The fourth-order valence-corrected chi connectivity index (χ4v) is 4.48. The Morgan fingerprint density at radius 1 is 0.941 bits per heavy atom. The molecule has 1 N–H and O–H groups in total. The van der Waals surface area contributed by atoms with E-state index in [4.69, 9.17) is 9.72 Å². The number of pyridine rings is 1. The summed E-state index contributed by atoms with van der Waals surface area (Å²) in [5, 5.41) is 21.1. The molecular formula is C29H26N2O2S. The summed E-state index contributed by atoms with van der Waals surface area (Å²) in [5.41, 5.74) is 5.32. The molecule has 0 amide bonds. The Hall–Kier alpha value is -3.59. The number of aliphatic hydroxyl groups excluding tert-OH is 1. The molecule has 0 aliphatic carbocycles. The summed E-state index contributed by atoms with van der Waals surface area (Å²) in [6.07, 6.45) is 0.269. The van der Waals surface area contributed by atoms with E-state index in [0.29, 0.717) is 16.3 Å². The quantitative estimate of drug-likeness (QED) is 0.290. The lowest BCUT2D eigenvalue weighted by atomic mass is 9.99. The smallest absolute Gasteiger partial charge is 0.119 e. The fraction of sp³-hybridized carbons (Fsp3) is 0.172. The van der Waals surface area contributed by atoms with E-state index in [2.05, 4.69) is 13.0 Å². The fourth-order valence-electron chi connectivity index (χ4n) is 3.57. The molecule has 0 bridgehead atoms. The first-order valence-electron chi connectivity index (χ1n) is 11.3. The van der Waals surface area contributed by atoms with Crippen LogP contribution in [-0.2, 0) is 6.42 Å². The van der Waals surface area contributed by atoms with E-state index in [0.717, 1.165) is 34.6 Å². The number of rotatable bonds is 9. The molecule has 5 heteroatoms. The van der Waals surface area contributed by atoms with Crippen molar-refractivity contribution in [1.29, 1.82) is 5.26 Å². The highest BCUT2D eigenvalue weighted by atomic mass is 32.2. The summed E-state index contributed by atoms with van der Waals surface area (Å²) in [4.78, 5) is 4.80. The Kier molecular flexibility index (Phi) is 7.98.